The highest BCUT2D eigenvalue weighted by molar-refractivity contribution is 7.13. The highest BCUT2D eigenvalue weighted by Gasteiger charge is 2.08. The van der Waals surface area contributed by atoms with Crippen LogP contribution >= 0.6 is 11.3 Å². The Hall–Kier alpha value is -2.01. The van der Waals surface area contributed by atoms with Gasteiger partial charge in [-0.3, -0.25) is 9.78 Å². The Labute approximate surface area is 147 Å². The zero-order chi connectivity index (χ0) is 16.6. The average molecular weight is 341 g/mol. The zero-order valence-corrected chi connectivity index (χ0v) is 14.6. The van der Waals surface area contributed by atoms with Crippen LogP contribution in [0.4, 0.5) is 0 Å². The lowest BCUT2D eigenvalue weighted by Gasteiger charge is -2.12. The molecular formula is C19H23N3OS. The average Bonchev–Trinajstić information content (AvgIpc) is 3.11. The SMILES string of the molecule is O=C(CCc1csc(-c2ccncc2)n1)NCCC1=CCCCC1. The summed E-state index contributed by atoms with van der Waals surface area (Å²) in [4.78, 5) is 20.6. The molecule has 0 bridgehead atoms. The van der Waals surface area contributed by atoms with Gasteiger partial charge in [0.1, 0.15) is 5.01 Å². The maximum absolute atomic E-state index is 12.0. The van der Waals surface area contributed by atoms with Crippen LogP contribution in [0, 0.1) is 0 Å². The molecule has 126 valence electrons. The first-order chi connectivity index (χ1) is 11.8. The van der Waals surface area contributed by atoms with E-state index in [1.165, 1.54) is 31.3 Å². The Kier molecular flexibility index (Phi) is 6.13. The van der Waals surface area contributed by atoms with E-state index >= 15 is 0 Å². The summed E-state index contributed by atoms with van der Waals surface area (Å²) in [5, 5.41) is 6.05. The summed E-state index contributed by atoms with van der Waals surface area (Å²) in [6.07, 6.45) is 13.1. The van der Waals surface area contributed by atoms with Gasteiger partial charge >= 0.3 is 0 Å². The van der Waals surface area contributed by atoms with Crippen molar-refractivity contribution in [3.8, 4) is 10.6 Å². The van der Waals surface area contributed by atoms with E-state index in [-0.39, 0.29) is 5.91 Å². The van der Waals surface area contributed by atoms with Crippen LogP contribution in [-0.4, -0.2) is 22.4 Å². The number of carbonyl (C=O) groups excluding carboxylic acids is 1. The molecule has 0 saturated carbocycles. The van der Waals surface area contributed by atoms with E-state index in [0.717, 1.165) is 29.2 Å². The summed E-state index contributed by atoms with van der Waals surface area (Å²) in [7, 11) is 0. The molecule has 24 heavy (non-hydrogen) atoms. The number of hydrogen-bond acceptors (Lipinski definition) is 4. The molecule has 2 aromatic rings. The summed E-state index contributed by atoms with van der Waals surface area (Å²) in [6, 6.07) is 3.91. The second-order valence-electron chi connectivity index (χ2n) is 6.09. The lowest BCUT2D eigenvalue weighted by atomic mass is 9.97. The van der Waals surface area contributed by atoms with Crippen LogP contribution in [0.2, 0.25) is 0 Å². The number of hydrogen-bond donors (Lipinski definition) is 1. The van der Waals surface area contributed by atoms with Gasteiger partial charge in [0.05, 0.1) is 5.69 Å². The second kappa shape index (κ2) is 8.73. The van der Waals surface area contributed by atoms with Gasteiger partial charge < -0.3 is 5.32 Å². The predicted molar refractivity (Wildman–Crippen MR) is 97.8 cm³/mol. The molecule has 2 heterocycles. The molecule has 0 saturated heterocycles. The minimum Gasteiger partial charge on any atom is -0.356 e. The number of thiazole rings is 1. The molecule has 1 aliphatic carbocycles. The molecule has 0 aromatic carbocycles. The van der Waals surface area contributed by atoms with Crippen LogP contribution in [0.5, 0.6) is 0 Å². The monoisotopic (exact) mass is 341 g/mol. The van der Waals surface area contributed by atoms with Crippen molar-refractivity contribution >= 4 is 17.2 Å². The molecule has 0 fully saturated rings. The second-order valence-corrected chi connectivity index (χ2v) is 6.95. The van der Waals surface area contributed by atoms with Gasteiger partial charge in [0.2, 0.25) is 5.91 Å². The van der Waals surface area contributed by atoms with Crippen molar-refractivity contribution in [2.24, 2.45) is 0 Å². The molecular weight excluding hydrogens is 318 g/mol. The summed E-state index contributed by atoms with van der Waals surface area (Å²) < 4.78 is 0. The number of rotatable bonds is 7. The van der Waals surface area contributed by atoms with Gasteiger partial charge in [-0.25, -0.2) is 4.98 Å². The standard InChI is InChI=1S/C19H23N3OS/c23-18(21-13-8-15-4-2-1-3-5-15)7-6-17-14-24-19(22-17)16-9-11-20-12-10-16/h4,9-12,14H,1-3,5-8,13H2,(H,21,23). The summed E-state index contributed by atoms with van der Waals surface area (Å²) >= 11 is 1.61. The molecule has 3 rings (SSSR count). The van der Waals surface area contributed by atoms with Crippen LogP contribution in [0.1, 0.15) is 44.2 Å². The molecule has 0 aliphatic heterocycles. The van der Waals surface area contributed by atoms with Gasteiger partial charge in [-0.1, -0.05) is 11.6 Å². The van der Waals surface area contributed by atoms with Gasteiger partial charge in [0, 0.05) is 36.3 Å². The molecule has 1 aliphatic rings. The van der Waals surface area contributed by atoms with E-state index in [1.807, 2.05) is 17.5 Å². The predicted octanol–water partition coefficient (Wildman–Crippen LogP) is 4.14. The van der Waals surface area contributed by atoms with Crippen LogP contribution in [0.15, 0.2) is 41.6 Å². The molecule has 0 atom stereocenters. The number of amides is 1. The topological polar surface area (TPSA) is 54.9 Å². The third kappa shape index (κ3) is 4.99. The molecule has 2 aromatic heterocycles. The van der Waals surface area contributed by atoms with Crippen LogP contribution < -0.4 is 5.32 Å². The number of nitrogens with zero attached hydrogens (tertiary/aromatic N) is 2. The number of allylic oxidation sites excluding steroid dienone is 1. The van der Waals surface area contributed by atoms with Gasteiger partial charge in [0.15, 0.2) is 0 Å². The Bertz CT molecular complexity index is 694. The Morgan fingerprint density at radius 1 is 1.21 bits per heavy atom. The summed E-state index contributed by atoms with van der Waals surface area (Å²) in [6.45, 7) is 0.754. The fraction of sp³-hybridized carbons (Fsp3) is 0.421. The fourth-order valence-electron chi connectivity index (χ4n) is 2.87. The maximum Gasteiger partial charge on any atom is 0.220 e. The molecule has 4 nitrogen and oxygen atoms in total. The maximum atomic E-state index is 12.0. The first-order valence-corrected chi connectivity index (χ1v) is 9.48. The van der Waals surface area contributed by atoms with E-state index in [2.05, 4.69) is 21.4 Å². The van der Waals surface area contributed by atoms with Gasteiger partial charge in [-0.2, -0.15) is 0 Å². The van der Waals surface area contributed by atoms with E-state index in [0.29, 0.717) is 12.8 Å². The van der Waals surface area contributed by atoms with Crippen molar-refractivity contribution < 1.29 is 4.79 Å². The molecule has 0 spiro atoms. The first kappa shape index (κ1) is 16.8. The molecule has 0 unspecified atom stereocenters. The number of pyridine rings is 1. The number of nitrogens with one attached hydrogen (secondary N) is 1. The van der Waals surface area contributed by atoms with Crippen molar-refractivity contribution in [1.82, 2.24) is 15.3 Å². The summed E-state index contributed by atoms with van der Waals surface area (Å²) in [5.41, 5.74) is 3.56. The lowest BCUT2D eigenvalue weighted by molar-refractivity contribution is -0.121. The third-order valence-corrected chi connectivity index (χ3v) is 5.18. The first-order valence-electron chi connectivity index (χ1n) is 8.60. The zero-order valence-electron chi connectivity index (χ0n) is 13.8. The summed E-state index contributed by atoms with van der Waals surface area (Å²) in [5.74, 6) is 0.116. The normalized spacial score (nSPS) is 14.2. The number of aromatic nitrogens is 2. The van der Waals surface area contributed by atoms with E-state index < -0.39 is 0 Å². The van der Waals surface area contributed by atoms with Crippen LogP contribution in [0.3, 0.4) is 0 Å². The lowest BCUT2D eigenvalue weighted by Crippen LogP contribution is -2.25. The van der Waals surface area contributed by atoms with Gasteiger partial charge in [-0.15, -0.1) is 11.3 Å². The fourth-order valence-corrected chi connectivity index (χ4v) is 3.73. The number of carbonyl (C=O) groups is 1. The quantitative estimate of drug-likeness (QED) is 0.770. The molecule has 1 amide bonds. The smallest absolute Gasteiger partial charge is 0.220 e. The van der Waals surface area contributed by atoms with Crippen LogP contribution in [0.25, 0.3) is 10.6 Å². The third-order valence-electron chi connectivity index (χ3n) is 4.24. The van der Waals surface area contributed by atoms with E-state index in [4.69, 9.17) is 0 Å². The van der Waals surface area contributed by atoms with E-state index in [1.54, 1.807) is 23.7 Å². The molecule has 5 heteroatoms. The highest BCUT2D eigenvalue weighted by atomic mass is 32.1. The van der Waals surface area contributed by atoms with Crippen molar-refractivity contribution in [3.05, 3.63) is 47.2 Å². The number of aryl methyl sites for hydroxylation is 1. The van der Waals surface area contributed by atoms with Crippen molar-refractivity contribution in [3.63, 3.8) is 0 Å². The minimum absolute atomic E-state index is 0.116. The largest absolute Gasteiger partial charge is 0.356 e. The highest BCUT2D eigenvalue weighted by Crippen LogP contribution is 2.23. The molecule has 1 N–H and O–H groups in total. The van der Waals surface area contributed by atoms with Gasteiger partial charge in [0.25, 0.3) is 0 Å². The van der Waals surface area contributed by atoms with Crippen molar-refractivity contribution in [2.75, 3.05) is 6.54 Å². The van der Waals surface area contributed by atoms with E-state index in [9.17, 15) is 4.79 Å². The minimum atomic E-state index is 0.116. The Morgan fingerprint density at radius 3 is 2.88 bits per heavy atom. The molecule has 0 radical (unpaired) electrons. The van der Waals surface area contributed by atoms with Gasteiger partial charge in [-0.05, 0) is 50.7 Å². The van der Waals surface area contributed by atoms with Crippen molar-refractivity contribution in [1.29, 1.82) is 0 Å². The van der Waals surface area contributed by atoms with Crippen molar-refractivity contribution in [2.45, 2.75) is 44.9 Å². The Balaban J connectivity index is 1.40. The Morgan fingerprint density at radius 2 is 2.08 bits per heavy atom. The van der Waals surface area contributed by atoms with Crippen LogP contribution in [-0.2, 0) is 11.2 Å².